The monoisotopic (exact) mass is 424 g/mol. The van der Waals surface area contributed by atoms with Crippen molar-refractivity contribution in [1.29, 1.82) is 0 Å². The summed E-state index contributed by atoms with van der Waals surface area (Å²) in [6, 6.07) is 9.31. The lowest BCUT2D eigenvalue weighted by molar-refractivity contribution is 0.146. The zero-order valence-electron chi connectivity index (χ0n) is 17.8. The van der Waals surface area contributed by atoms with Crippen LogP contribution in [0.4, 0.5) is 4.39 Å². The maximum absolute atomic E-state index is 14.5. The Hall–Kier alpha value is -3.13. The minimum Gasteiger partial charge on any atom is -0.468 e. The molecule has 2 N–H and O–H groups in total. The van der Waals surface area contributed by atoms with Gasteiger partial charge in [0.25, 0.3) is 0 Å². The molecule has 0 amide bonds. The van der Waals surface area contributed by atoms with Crippen LogP contribution in [0.15, 0.2) is 64.7 Å². The molecule has 3 heterocycles. The van der Waals surface area contributed by atoms with E-state index in [-0.39, 0.29) is 11.9 Å². The van der Waals surface area contributed by atoms with Gasteiger partial charge in [0.1, 0.15) is 11.6 Å². The number of aromatic nitrogens is 2. The minimum atomic E-state index is -0.289. The summed E-state index contributed by atoms with van der Waals surface area (Å²) in [6.45, 7) is 3.29. The van der Waals surface area contributed by atoms with Gasteiger partial charge in [-0.15, -0.1) is 0 Å². The second-order valence-electron chi connectivity index (χ2n) is 7.69. The van der Waals surface area contributed by atoms with Gasteiger partial charge >= 0.3 is 0 Å². The Bertz CT molecular complexity index is 964. The number of rotatable bonds is 7. The van der Waals surface area contributed by atoms with Gasteiger partial charge in [-0.25, -0.2) is 9.37 Å². The maximum Gasteiger partial charge on any atom is 0.191 e. The smallest absolute Gasteiger partial charge is 0.191 e. The van der Waals surface area contributed by atoms with E-state index in [0.29, 0.717) is 24.7 Å². The predicted octanol–water partition coefficient (Wildman–Crippen LogP) is 3.50. The third-order valence-corrected chi connectivity index (χ3v) is 5.64. The molecule has 1 atom stereocenters. The van der Waals surface area contributed by atoms with Crippen LogP contribution in [0, 0.1) is 5.82 Å². The topological polar surface area (TPSA) is 70.6 Å². The summed E-state index contributed by atoms with van der Waals surface area (Å²) in [5, 5.41) is 6.68. The first kappa shape index (κ1) is 21.1. The van der Waals surface area contributed by atoms with E-state index in [1.54, 1.807) is 42.7 Å². The number of nitrogens with one attached hydrogen (secondary N) is 2. The third-order valence-electron chi connectivity index (χ3n) is 5.64. The van der Waals surface area contributed by atoms with Gasteiger partial charge < -0.3 is 19.6 Å². The molecule has 0 saturated carbocycles. The van der Waals surface area contributed by atoms with Gasteiger partial charge in [-0.2, -0.15) is 0 Å². The number of imidazole rings is 1. The number of halogens is 1. The number of hydrogen-bond donors (Lipinski definition) is 2. The van der Waals surface area contributed by atoms with Gasteiger partial charge in [-0.05, 0) is 55.8 Å². The Balaban J connectivity index is 1.35. The SMILES string of the molecule is CN=C(NCc1ccc(-n2ccnc2)c(F)c1)NCC(c1ccco1)N1CCCCC1. The molecule has 3 aromatic rings. The highest BCUT2D eigenvalue weighted by Gasteiger charge is 2.24. The van der Waals surface area contributed by atoms with Crippen LogP contribution in [-0.2, 0) is 6.54 Å². The van der Waals surface area contributed by atoms with Crippen LogP contribution >= 0.6 is 0 Å². The Morgan fingerprint density at radius 1 is 1.23 bits per heavy atom. The number of aliphatic imine (C=N–C) groups is 1. The van der Waals surface area contributed by atoms with Crippen molar-refractivity contribution in [2.45, 2.75) is 31.8 Å². The third kappa shape index (κ3) is 5.32. The van der Waals surface area contributed by atoms with Crippen molar-refractivity contribution in [3.63, 3.8) is 0 Å². The molecule has 1 aromatic carbocycles. The van der Waals surface area contributed by atoms with E-state index in [1.807, 2.05) is 18.2 Å². The number of guanidine groups is 1. The second kappa shape index (κ2) is 10.3. The van der Waals surface area contributed by atoms with Crippen LogP contribution in [-0.4, -0.2) is 47.1 Å². The van der Waals surface area contributed by atoms with E-state index in [2.05, 4.69) is 25.5 Å². The Morgan fingerprint density at radius 2 is 2.10 bits per heavy atom. The highest BCUT2D eigenvalue weighted by molar-refractivity contribution is 5.79. The molecule has 0 radical (unpaired) electrons. The number of likely N-dealkylation sites (tertiary alicyclic amines) is 1. The highest BCUT2D eigenvalue weighted by Crippen LogP contribution is 2.24. The van der Waals surface area contributed by atoms with Gasteiger partial charge in [0.05, 0.1) is 24.3 Å². The quantitative estimate of drug-likeness (QED) is 0.449. The Kier molecular flexibility index (Phi) is 6.99. The zero-order valence-corrected chi connectivity index (χ0v) is 17.8. The average molecular weight is 425 g/mol. The fourth-order valence-electron chi connectivity index (χ4n) is 3.99. The summed E-state index contributed by atoms with van der Waals surface area (Å²) >= 11 is 0. The predicted molar refractivity (Wildman–Crippen MR) is 119 cm³/mol. The minimum absolute atomic E-state index is 0.153. The van der Waals surface area contributed by atoms with E-state index in [9.17, 15) is 4.39 Å². The lowest BCUT2D eigenvalue weighted by atomic mass is 10.1. The van der Waals surface area contributed by atoms with E-state index in [0.717, 1.165) is 24.4 Å². The molecule has 2 aromatic heterocycles. The normalized spacial score (nSPS) is 16.3. The fourth-order valence-corrected chi connectivity index (χ4v) is 3.99. The van der Waals surface area contributed by atoms with Crippen molar-refractivity contribution in [3.05, 3.63) is 72.5 Å². The molecular formula is C23H29FN6O. The molecule has 0 spiro atoms. The summed E-state index contributed by atoms with van der Waals surface area (Å²) in [7, 11) is 1.74. The number of hydrogen-bond acceptors (Lipinski definition) is 4. The average Bonchev–Trinajstić information content (AvgIpc) is 3.51. The molecule has 1 unspecified atom stereocenters. The summed E-state index contributed by atoms with van der Waals surface area (Å²) in [6.07, 6.45) is 10.4. The molecule has 1 aliphatic rings. The molecule has 7 nitrogen and oxygen atoms in total. The van der Waals surface area contributed by atoms with E-state index in [1.165, 1.54) is 25.3 Å². The lowest BCUT2D eigenvalue weighted by Crippen LogP contribution is -2.44. The van der Waals surface area contributed by atoms with Crippen molar-refractivity contribution >= 4 is 5.96 Å². The second-order valence-corrected chi connectivity index (χ2v) is 7.69. The zero-order chi connectivity index (χ0) is 21.5. The molecule has 164 valence electrons. The Labute approximate surface area is 182 Å². The van der Waals surface area contributed by atoms with E-state index >= 15 is 0 Å². The van der Waals surface area contributed by atoms with Crippen molar-refractivity contribution in [1.82, 2.24) is 25.1 Å². The Morgan fingerprint density at radius 3 is 2.77 bits per heavy atom. The van der Waals surface area contributed by atoms with Gasteiger partial charge in [0, 0.05) is 32.5 Å². The molecule has 0 bridgehead atoms. The lowest BCUT2D eigenvalue weighted by Gasteiger charge is -2.33. The summed E-state index contributed by atoms with van der Waals surface area (Å²) < 4.78 is 21.9. The molecule has 4 rings (SSSR count). The number of piperidine rings is 1. The molecule has 0 aliphatic carbocycles. The molecule has 1 fully saturated rings. The summed E-state index contributed by atoms with van der Waals surface area (Å²) in [5.41, 5.74) is 1.31. The van der Waals surface area contributed by atoms with Crippen LogP contribution in [0.5, 0.6) is 0 Å². The van der Waals surface area contributed by atoms with Crippen LogP contribution in [0.25, 0.3) is 5.69 Å². The number of benzene rings is 1. The molecule has 1 saturated heterocycles. The van der Waals surface area contributed by atoms with Gasteiger partial charge in [-0.1, -0.05) is 12.5 Å². The van der Waals surface area contributed by atoms with Crippen LogP contribution < -0.4 is 10.6 Å². The first-order valence-electron chi connectivity index (χ1n) is 10.7. The summed E-state index contributed by atoms with van der Waals surface area (Å²) in [4.78, 5) is 10.8. The standard InChI is InChI=1S/C23H29FN6O/c1-25-23(27-15-18-7-8-20(19(24)14-18)30-12-9-26-17-30)28-16-21(22-6-5-13-31-22)29-10-3-2-4-11-29/h5-9,12-14,17,21H,2-4,10-11,15-16H2,1H3,(H2,25,27,28). The maximum atomic E-state index is 14.5. The van der Waals surface area contributed by atoms with Crippen LogP contribution in [0.3, 0.4) is 0 Å². The first-order chi connectivity index (χ1) is 15.2. The van der Waals surface area contributed by atoms with E-state index in [4.69, 9.17) is 4.42 Å². The van der Waals surface area contributed by atoms with Crippen molar-refractivity contribution in [3.8, 4) is 5.69 Å². The van der Waals surface area contributed by atoms with E-state index < -0.39 is 0 Å². The van der Waals surface area contributed by atoms with Crippen LogP contribution in [0.1, 0.15) is 36.6 Å². The molecule has 31 heavy (non-hydrogen) atoms. The van der Waals surface area contributed by atoms with Crippen molar-refractivity contribution in [2.75, 3.05) is 26.7 Å². The van der Waals surface area contributed by atoms with Gasteiger partial charge in [0.2, 0.25) is 0 Å². The molecule has 8 heteroatoms. The highest BCUT2D eigenvalue weighted by atomic mass is 19.1. The van der Waals surface area contributed by atoms with Crippen LogP contribution in [0.2, 0.25) is 0 Å². The van der Waals surface area contributed by atoms with Crippen molar-refractivity contribution in [2.24, 2.45) is 4.99 Å². The number of furan rings is 1. The molecular weight excluding hydrogens is 395 g/mol. The number of nitrogens with zero attached hydrogens (tertiary/aromatic N) is 4. The summed E-state index contributed by atoms with van der Waals surface area (Å²) in [5.74, 6) is 1.35. The van der Waals surface area contributed by atoms with Gasteiger partial charge in [-0.3, -0.25) is 9.89 Å². The fraction of sp³-hybridized carbons (Fsp3) is 0.391. The largest absolute Gasteiger partial charge is 0.468 e. The molecule has 1 aliphatic heterocycles. The van der Waals surface area contributed by atoms with Gasteiger partial charge in [0.15, 0.2) is 5.96 Å². The first-order valence-corrected chi connectivity index (χ1v) is 10.7. The van der Waals surface area contributed by atoms with Crippen molar-refractivity contribution < 1.29 is 8.81 Å².